The minimum absolute atomic E-state index is 0.344. The number of carbonyl (C=O) groups is 2. The lowest BCUT2D eigenvalue weighted by Gasteiger charge is -2.08. The molecule has 2 aliphatic carbocycles. The summed E-state index contributed by atoms with van der Waals surface area (Å²) < 4.78 is 5.03. The van der Waals surface area contributed by atoms with Gasteiger partial charge in [0.2, 0.25) is 5.91 Å². The van der Waals surface area contributed by atoms with Crippen LogP contribution in [0, 0.1) is 11.8 Å². The molecule has 1 fully saturated rings. The van der Waals surface area contributed by atoms with Crippen LogP contribution in [-0.2, 0) is 14.3 Å². The van der Waals surface area contributed by atoms with E-state index in [0.29, 0.717) is 17.6 Å². The number of allylic oxidation sites excluding steroid dienone is 4. The summed E-state index contributed by atoms with van der Waals surface area (Å²) in [6.45, 7) is 0. The Morgan fingerprint density at radius 2 is 2.36 bits per heavy atom. The maximum atomic E-state index is 11.1. The van der Waals surface area contributed by atoms with E-state index in [1.165, 1.54) is 0 Å². The van der Waals surface area contributed by atoms with Gasteiger partial charge in [-0.2, -0.15) is 0 Å². The Morgan fingerprint density at radius 1 is 1.57 bits per heavy atom. The summed E-state index contributed by atoms with van der Waals surface area (Å²) in [7, 11) is 0. The van der Waals surface area contributed by atoms with Gasteiger partial charge in [0, 0.05) is 5.92 Å². The Kier molecular flexibility index (Phi) is 2.11. The lowest BCUT2D eigenvalue weighted by molar-refractivity contribution is -0.142. The van der Waals surface area contributed by atoms with Crippen LogP contribution in [0.5, 0.6) is 0 Å². The number of primary amides is 1. The Bertz CT molecular complexity index is 343. The van der Waals surface area contributed by atoms with Gasteiger partial charge in [-0.25, -0.2) is 0 Å². The molecule has 2 atom stereocenters. The summed E-state index contributed by atoms with van der Waals surface area (Å²) >= 11 is 0. The van der Waals surface area contributed by atoms with E-state index in [9.17, 15) is 9.59 Å². The number of ether oxygens (including phenoxy) is 1. The lowest BCUT2D eigenvalue weighted by Crippen LogP contribution is -2.18. The third kappa shape index (κ3) is 1.84. The average Bonchev–Trinajstić information content (AvgIpc) is 2.81. The third-order valence-corrected chi connectivity index (χ3v) is 2.37. The zero-order chi connectivity index (χ0) is 10.1. The van der Waals surface area contributed by atoms with Gasteiger partial charge < -0.3 is 10.5 Å². The number of esters is 1. The summed E-state index contributed by atoms with van der Waals surface area (Å²) in [5.41, 5.74) is 4.87. The Hall–Kier alpha value is -1.58. The number of rotatable bonds is 3. The summed E-state index contributed by atoms with van der Waals surface area (Å²) in [6.07, 6.45) is 6.43. The van der Waals surface area contributed by atoms with Gasteiger partial charge in [-0.3, -0.25) is 9.59 Å². The fourth-order valence-electron chi connectivity index (χ4n) is 1.59. The Balaban J connectivity index is 1.91. The summed E-state index contributed by atoms with van der Waals surface area (Å²) in [4.78, 5) is 21.5. The first-order chi connectivity index (χ1) is 6.66. The minimum Gasteiger partial charge on any atom is -0.430 e. The monoisotopic (exact) mass is 193 g/mol. The molecule has 74 valence electrons. The normalized spacial score (nSPS) is 27.6. The van der Waals surface area contributed by atoms with Crippen LogP contribution in [-0.4, -0.2) is 11.9 Å². The topological polar surface area (TPSA) is 69.4 Å². The number of carbonyl (C=O) groups excluding carboxylic acids is 2. The molecule has 1 saturated carbocycles. The third-order valence-electron chi connectivity index (χ3n) is 2.37. The van der Waals surface area contributed by atoms with Gasteiger partial charge in [0.1, 0.15) is 12.2 Å². The molecule has 2 rings (SSSR count). The van der Waals surface area contributed by atoms with Crippen LogP contribution >= 0.6 is 0 Å². The number of fused-ring (bicyclic) bond motifs is 1. The van der Waals surface area contributed by atoms with Crippen molar-refractivity contribution in [3.05, 3.63) is 24.0 Å². The molecule has 0 heterocycles. The minimum atomic E-state index is -0.658. The molecule has 0 saturated heterocycles. The van der Waals surface area contributed by atoms with E-state index in [2.05, 4.69) is 6.08 Å². The molecule has 0 bridgehead atoms. The van der Waals surface area contributed by atoms with Crippen molar-refractivity contribution in [2.24, 2.45) is 17.6 Å². The number of nitrogens with two attached hydrogens (primary N) is 1. The number of amides is 1. The highest BCUT2D eigenvalue weighted by Crippen LogP contribution is 2.47. The highest BCUT2D eigenvalue weighted by Gasteiger charge is 2.41. The van der Waals surface area contributed by atoms with Gasteiger partial charge in [0.05, 0.1) is 0 Å². The zero-order valence-electron chi connectivity index (χ0n) is 7.60. The van der Waals surface area contributed by atoms with Gasteiger partial charge in [-0.1, -0.05) is 12.2 Å². The van der Waals surface area contributed by atoms with Crippen molar-refractivity contribution in [1.82, 2.24) is 0 Å². The number of hydrogen-bond donors (Lipinski definition) is 1. The maximum Gasteiger partial charge on any atom is 0.320 e. The van der Waals surface area contributed by atoms with Gasteiger partial charge >= 0.3 is 5.97 Å². The molecule has 1 amide bonds. The molecule has 2 N–H and O–H groups in total. The quantitative estimate of drug-likeness (QED) is 0.524. The van der Waals surface area contributed by atoms with Crippen LogP contribution in [0.1, 0.15) is 12.8 Å². The van der Waals surface area contributed by atoms with Crippen molar-refractivity contribution in [3.8, 4) is 0 Å². The molecule has 2 aliphatic rings. The second-order valence-electron chi connectivity index (χ2n) is 3.58. The van der Waals surface area contributed by atoms with Crippen molar-refractivity contribution in [2.45, 2.75) is 12.8 Å². The molecule has 0 aliphatic heterocycles. The van der Waals surface area contributed by atoms with Crippen LogP contribution in [0.4, 0.5) is 0 Å². The predicted molar refractivity (Wildman–Crippen MR) is 48.7 cm³/mol. The molecular weight excluding hydrogens is 182 g/mol. The van der Waals surface area contributed by atoms with Gasteiger partial charge in [-0.15, -0.1) is 0 Å². The van der Waals surface area contributed by atoms with E-state index in [1.54, 1.807) is 6.08 Å². The fraction of sp³-hybridized carbons (Fsp3) is 0.400. The first kappa shape index (κ1) is 8.99. The molecule has 4 nitrogen and oxygen atoms in total. The summed E-state index contributed by atoms with van der Waals surface area (Å²) in [5, 5.41) is 0. The molecule has 0 aromatic heterocycles. The van der Waals surface area contributed by atoms with Gasteiger partial charge in [0.25, 0.3) is 0 Å². The van der Waals surface area contributed by atoms with Crippen LogP contribution in [0.25, 0.3) is 0 Å². The smallest absolute Gasteiger partial charge is 0.320 e. The van der Waals surface area contributed by atoms with Crippen LogP contribution in [0.15, 0.2) is 24.0 Å². The predicted octanol–water partition coefficient (Wildman–Crippen LogP) is 0.495. The van der Waals surface area contributed by atoms with Gasteiger partial charge in [0.15, 0.2) is 0 Å². The highest BCUT2D eigenvalue weighted by molar-refractivity contribution is 5.93. The van der Waals surface area contributed by atoms with Crippen LogP contribution < -0.4 is 5.73 Å². The average molecular weight is 193 g/mol. The molecule has 2 unspecified atom stereocenters. The zero-order valence-corrected chi connectivity index (χ0v) is 7.60. The standard InChI is InChI=1S/C10H11NO3/c11-9(12)5-10(13)14-8-3-1-2-6-4-7(6)8/h1-3,6-7H,4-5H2,(H2,11,12). The summed E-state index contributed by atoms with van der Waals surface area (Å²) in [6, 6.07) is 0. The maximum absolute atomic E-state index is 11.1. The van der Waals surface area contributed by atoms with Crippen molar-refractivity contribution in [2.75, 3.05) is 0 Å². The SMILES string of the molecule is NC(=O)CC(=O)OC1=CC=CC2CC12. The molecule has 0 aromatic carbocycles. The van der Waals surface area contributed by atoms with E-state index in [1.807, 2.05) is 6.08 Å². The van der Waals surface area contributed by atoms with E-state index >= 15 is 0 Å². The van der Waals surface area contributed by atoms with Crippen LogP contribution in [0.3, 0.4) is 0 Å². The molecule has 0 radical (unpaired) electrons. The lowest BCUT2D eigenvalue weighted by atomic mass is 10.2. The molecule has 0 aromatic rings. The highest BCUT2D eigenvalue weighted by atomic mass is 16.5. The van der Waals surface area contributed by atoms with E-state index in [-0.39, 0.29) is 6.42 Å². The first-order valence-corrected chi connectivity index (χ1v) is 4.54. The largest absolute Gasteiger partial charge is 0.430 e. The molecule has 4 heteroatoms. The first-order valence-electron chi connectivity index (χ1n) is 4.54. The second kappa shape index (κ2) is 3.29. The second-order valence-corrected chi connectivity index (χ2v) is 3.58. The Labute approximate surface area is 81.4 Å². The van der Waals surface area contributed by atoms with E-state index < -0.39 is 11.9 Å². The Morgan fingerprint density at radius 3 is 3.07 bits per heavy atom. The molecule has 0 spiro atoms. The van der Waals surface area contributed by atoms with Crippen molar-refractivity contribution in [1.29, 1.82) is 0 Å². The van der Waals surface area contributed by atoms with E-state index in [0.717, 1.165) is 6.42 Å². The van der Waals surface area contributed by atoms with E-state index in [4.69, 9.17) is 10.5 Å². The van der Waals surface area contributed by atoms with Gasteiger partial charge in [-0.05, 0) is 18.4 Å². The van der Waals surface area contributed by atoms with Crippen molar-refractivity contribution >= 4 is 11.9 Å². The molecular formula is C10H11NO3. The fourth-order valence-corrected chi connectivity index (χ4v) is 1.59. The van der Waals surface area contributed by atoms with Crippen LogP contribution in [0.2, 0.25) is 0 Å². The number of hydrogen-bond acceptors (Lipinski definition) is 3. The summed E-state index contributed by atoms with van der Waals surface area (Å²) in [5.74, 6) is 0.316. The van der Waals surface area contributed by atoms with Crippen molar-refractivity contribution in [3.63, 3.8) is 0 Å². The van der Waals surface area contributed by atoms with Crippen molar-refractivity contribution < 1.29 is 14.3 Å². The molecule has 14 heavy (non-hydrogen) atoms.